The maximum Gasteiger partial charge on any atom is 0.413 e. The van der Waals surface area contributed by atoms with Gasteiger partial charge in [-0.05, 0) is 68.7 Å². The molecule has 3 N–H and O–H groups in total. The molecule has 3 aromatic rings. The lowest BCUT2D eigenvalue weighted by Crippen LogP contribution is -2.44. The summed E-state index contributed by atoms with van der Waals surface area (Å²) in [5.74, 6) is 0.706. The van der Waals surface area contributed by atoms with Gasteiger partial charge in [0.15, 0.2) is 6.10 Å². The zero-order valence-electron chi connectivity index (χ0n) is 22.5. The van der Waals surface area contributed by atoms with Crippen molar-refractivity contribution in [2.24, 2.45) is 0 Å². The predicted molar refractivity (Wildman–Crippen MR) is 147 cm³/mol. The van der Waals surface area contributed by atoms with E-state index in [0.29, 0.717) is 18.7 Å². The number of amidine groups is 1. The van der Waals surface area contributed by atoms with Crippen LogP contribution in [-0.2, 0) is 9.53 Å². The van der Waals surface area contributed by atoms with E-state index in [4.69, 9.17) is 19.6 Å². The van der Waals surface area contributed by atoms with Crippen molar-refractivity contribution in [3.05, 3.63) is 71.8 Å². The molecule has 0 bridgehead atoms. The first-order chi connectivity index (χ1) is 18.1. The van der Waals surface area contributed by atoms with Crippen molar-refractivity contribution in [1.82, 2.24) is 10.6 Å². The van der Waals surface area contributed by atoms with Crippen molar-refractivity contribution < 1.29 is 23.8 Å². The third-order valence-corrected chi connectivity index (χ3v) is 6.59. The summed E-state index contributed by atoms with van der Waals surface area (Å²) >= 11 is 0. The number of hydrogen-bond donors (Lipinski definition) is 3. The number of nitrogens with one attached hydrogen (secondary N) is 3. The molecule has 0 aromatic heterocycles. The second-order valence-electron chi connectivity index (χ2n) is 10.5. The molecular weight excluding hydrogens is 482 g/mol. The first kappa shape index (κ1) is 27.0. The van der Waals surface area contributed by atoms with Gasteiger partial charge in [-0.1, -0.05) is 42.5 Å². The Morgan fingerprint density at radius 2 is 1.84 bits per heavy atom. The molecule has 200 valence electrons. The first-order valence-corrected chi connectivity index (χ1v) is 12.8. The summed E-state index contributed by atoms with van der Waals surface area (Å²) < 4.78 is 16.7. The monoisotopic (exact) mass is 517 g/mol. The van der Waals surface area contributed by atoms with E-state index in [0.717, 1.165) is 27.6 Å². The number of rotatable bonds is 7. The molecule has 38 heavy (non-hydrogen) atoms. The Balaban J connectivity index is 1.42. The van der Waals surface area contributed by atoms with Crippen LogP contribution in [0.2, 0.25) is 0 Å². The Kier molecular flexibility index (Phi) is 7.90. The van der Waals surface area contributed by atoms with E-state index in [-0.39, 0.29) is 23.6 Å². The summed E-state index contributed by atoms with van der Waals surface area (Å²) in [7, 11) is 1.63. The molecule has 1 heterocycles. The van der Waals surface area contributed by atoms with Gasteiger partial charge in [0, 0.05) is 18.0 Å². The third kappa shape index (κ3) is 6.07. The summed E-state index contributed by atoms with van der Waals surface area (Å²) in [4.78, 5) is 25.4. The summed E-state index contributed by atoms with van der Waals surface area (Å²) in [5, 5.41) is 16.1. The third-order valence-electron chi connectivity index (χ3n) is 6.59. The molecule has 3 aromatic carbocycles. The fourth-order valence-electron chi connectivity index (χ4n) is 4.76. The quantitative estimate of drug-likeness (QED) is 0.283. The zero-order chi connectivity index (χ0) is 27.4. The van der Waals surface area contributed by atoms with E-state index in [2.05, 4.69) is 10.6 Å². The normalized spacial score (nSPS) is 17.2. The van der Waals surface area contributed by atoms with Gasteiger partial charge in [0.2, 0.25) is 5.91 Å². The summed E-state index contributed by atoms with van der Waals surface area (Å²) in [5.41, 5.74) is 1.21. The van der Waals surface area contributed by atoms with Crippen LogP contribution in [0.4, 0.5) is 4.79 Å². The van der Waals surface area contributed by atoms with Crippen LogP contribution in [0.1, 0.15) is 57.1 Å². The molecular formula is C30H35N3O5. The van der Waals surface area contributed by atoms with Crippen LogP contribution < -0.4 is 20.1 Å². The number of benzene rings is 3. The van der Waals surface area contributed by atoms with E-state index < -0.39 is 17.8 Å². The van der Waals surface area contributed by atoms with Crippen LogP contribution in [0.25, 0.3) is 10.8 Å². The number of ether oxygens (including phenoxy) is 3. The number of amides is 2. The zero-order valence-corrected chi connectivity index (χ0v) is 22.5. The van der Waals surface area contributed by atoms with Crippen LogP contribution in [-0.4, -0.2) is 43.2 Å². The Labute approximate surface area is 223 Å². The maximum atomic E-state index is 13.1. The van der Waals surface area contributed by atoms with Gasteiger partial charge in [-0.3, -0.25) is 15.5 Å². The fourth-order valence-corrected chi connectivity index (χ4v) is 4.76. The standard InChI is InChI=1S/C30H35N3O5/c1-18(21-11-8-9-19-17-20(36-5)13-14-22(19)21)28(34)32-16-15-24-23-10-6-7-12-25(23)37-26(24)27(31)33-29(35)38-30(2,3)4/h6-14,17-18,24,26H,15-16H2,1-5H3,(H,32,34)(H2,31,33,35)/t18-,24-,26-/m0/s1. The minimum absolute atomic E-state index is 0.0775. The molecule has 0 unspecified atom stereocenters. The summed E-state index contributed by atoms with van der Waals surface area (Å²) in [6.45, 7) is 7.57. The maximum absolute atomic E-state index is 13.1. The van der Waals surface area contributed by atoms with Gasteiger partial charge in [-0.25, -0.2) is 4.79 Å². The summed E-state index contributed by atoms with van der Waals surface area (Å²) in [6, 6.07) is 19.3. The molecule has 8 nitrogen and oxygen atoms in total. The van der Waals surface area contributed by atoms with Crippen LogP contribution in [0.3, 0.4) is 0 Å². The minimum atomic E-state index is -0.698. The van der Waals surface area contributed by atoms with E-state index in [1.807, 2.05) is 67.6 Å². The minimum Gasteiger partial charge on any atom is -0.497 e. The predicted octanol–water partition coefficient (Wildman–Crippen LogP) is 5.50. The molecule has 2 amide bonds. The number of alkyl carbamates (subject to hydrolysis) is 1. The lowest BCUT2D eigenvalue weighted by Gasteiger charge is -2.23. The molecule has 8 heteroatoms. The fraction of sp³-hybridized carbons (Fsp3) is 0.367. The molecule has 0 spiro atoms. The second kappa shape index (κ2) is 11.1. The van der Waals surface area contributed by atoms with Crippen molar-refractivity contribution in [3.63, 3.8) is 0 Å². The largest absolute Gasteiger partial charge is 0.497 e. The van der Waals surface area contributed by atoms with Crippen LogP contribution in [0.5, 0.6) is 11.5 Å². The van der Waals surface area contributed by atoms with Crippen LogP contribution in [0, 0.1) is 5.41 Å². The van der Waals surface area contributed by atoms with Crippen molar-refractivity contribution in [1.29, 1.82) is 5.41 Å². The van der Waals surface area contributed by atoms with Gasteiger partial charge in [0.1, 0.15) is 22.9 Å². The number of carbonyl (C=O) groups excluding carboxylic acids is 2. The average molecular weight is 518 g/mol. The van der Waals surface area contributed by atoms with Gasteiger partial charge in [-0.15, -0.1) is 0 Å². The highest BCUT2D eigenvalue weighted by Crippen LogP contribution is 2.40. The van der Waals surface area contributed by atoms with Crippen molar-refractivity contribution in [2.45, 2.75) is 57.7 Å². The number of fused-ring (bicyclic) bond motifs is 2. The lowest BCUT2D eigenvalue weighted by molar-refractivity contribution is -0.122. The first-order valence-electron chi connectivity index (χ1n) is 12.8. The van der Waals surface area contributed by atoms with Crippen LogP contribution in [0.15, 0.2) is 60.7 Å². The Bertz CT molecular complexity index is 1350. The molecule has 1 aliphatic heterocycles. The van der Waals surface area contributed by atoms with Crippen molar-refractivity contribution in [2.75, 3.05) is 13.7 Å². The highest BCUT2D eigenvalue weighted by atomic mass is 16.6. The van der Waals surface area contributed by atoms with E-state index in [1.54, 1.807) is 27.9 Å². The molecule has 0 fully saturated rings. The highest BCUT2D eigenvalue weighted by molar-refractivity contribution is 5.97. The van der Waals surface area contributed by atoms with Gasteiger partial charge in [-0.2, -0.15) is 0 Å². The highest BCUT2D eigenvalue weighted by Gasteiger charge is 2.38. The Morgan fingerprint density at radius 1 is 1.08 bits per heavy atom. The molecule has 0 aliphatic carbocycles. The van der Waals surface area contributed by atoms with Gasteiger partial charge < -0.3 is 19.5 Å². The lowest BCUT2D eigenvalue weighted by atomic mass is 9.91. The van der Waals surface area contributed by atoms with Gasteiger partial charge in [0.25, 0.3) is 0 Å². The van der Waals surface area contributed by atoms with Crippen molar-refractivity contribution >= 4 is 28.6 Å². The van der Waals surface area contributed by atoms with Crippen LogP contribution >= 0.6 is 0 Å². The smallest absolute Gasteiger partial charge is 0.413 e. The molecule has 0 radical (unpaired) electrons. The topological polar surface area (TPSA) is 110 Å². The van der Waals surface area contributed by atoms with Gasteiger partial charge >= 0.3 is 6.09 Å². The van der Waals surface area contributed by atoms with E-state index in [1.165, 1.54) is 0 Å². The number of hydrogen-bond acceptors (Lipinski definition) is 6. The average Bonchev–Trinajstić information content (AvgIpc) is 3.25. The molecule has 0 saturated carbocycles. The second-order valence-corrected chi connectivity index (χ2v) is 10.5. The molecule has 1 aliphatic rings. The van der Waals surface area contributed by atoms with Gasteiger partial charge in [0.05, 0.1) is 13.0 Å². The molecule has 0 saturated heterocycles. The summed E-state index contributed by atoms with van der Waals surface area (Å²) in [6.07, 6.45) is -0.858. The SMILES string of the molecule is COc1ccc2c([C@H](C)C(=O)NCC[C@H]3c4ccccc4O[C@@H]3C(=N)NC(=O)OC(C)(C)C)cccc2c1. The van der Waals surface area contributed by atoms with E-state index in [9.17, 15) is 9.59 Å². The number of para-hydroxylation sites is 1. The molecule has 3 atom stereocenters. The van der Waals surface area contributed by atoms with E-state index >= 15 is 0 Å². The Hall–Kier alpha value is -4.07. The molecule has 4 rings (SSSR count). The van der Waals surface area contributed by atoms with Crippen molar-refractivity contribution in [3.8, 4) is 11.5 Å². The number of methoxy groups -OCH3 is 1. The number of carbonyl (C=O) groups is 2. The Morgan fingerprint density at radius 3 is 2.58 bits per heavy atom.